The first kappa shape index (κ1) is 18.5. The molecule has 0 aliphatic carbocycles. The van der Waals surface area contributed by atoms with Crippen LogP contribution in [0.1, 0.15) is 32.6 Å². The Kier molecular flexibility index (Phi) is 5.47. The van der Waals surface area contributed by atoms with Gasteiger partial charge in [-0.1, -0.05) is 23.8 Å². The molecule has 3 N–H and O–H groups in total. The first-order chi connectivity index (χ1) is 11.7. The number of rotatable bonds is 4. The highest BCUT2D eigenvalue weighted by Crippen LogP contribution is 2.22. The monoisotopic (exact) mass is 339 g/mol. The Labute approximate surface area is 148 Å². The topological polar surface area (TPSA) is 75.4 Å². The number of nitrogens with two attached hydrogens (primary N) is 1. The van der Waals surface area contributed by atoms with E-state index in [-0.39, 0.29) is 18.4 Å². The number of carbonyl (C=O) groups excluding carboxylic acids is 2. The number of hydrogen-bond donors (Lipinski definition) is 2. The van der Waals surface area contributed by atoms with Gasteiger partial charge in [-0.3, -0.25) is 9.59 Å². The standard InChI is InChI=1S/C20H25N3O2/c1-12-8-14(3)19(15(4)9-12)22-18(24)11-23(5)20(25)17-10-16(21)7-6-13(17)2/h6-10H,11,21H2,1-5H3,(H,22,24). The number of nitrogens with zero attached hydrogens (tertiary/aromatic N) is 1. The van der Waals surface area contributed by atoms with Gasteiger partial charge in [-0.15, -0.1) is 0 Å². The summed E-state index contributed by atoms with van der Waals surface area (Å²) in [5.41, 5.74) is 11.6. The number of carbonyl (C=O) groups is 2. The summed E-state index contributed by atoms with van der Waals surface area (Å²) < 4.78 is 0. The summed E-state index contributed by atoms with van der Waals surface area (Å²) >= 11 is 0. The number of hydrogen-bond acceptors (Lipinski definition) is 3. The predicted molar refractivity (Wildman–Crippen MR) is 102 cm³/mol. The van der Waals surface area contributed by atoms with E-state index in [9.17, 15) is 9.59 Å². The van der Waals surface area contributed by atoms with E-state index >= 15 is 0 Å². The third-order valence-corrected chi connectivity index (χ3v) is 4.16. The van der Waals surface area contributed by atoms with Crippen molar-refractivity contribution in [3.63, 3.8) is 0 Å². The smallest absolute Gasteiger partial charge is 0.254 e. The van der Waals surface area contributed by atoms with Gasteiger partial charge in [0.25, 0.3) is 5.91 Å². The van der Waals surface area contributed by atoms with Crippen LogP contribution in [0.15, 0.2) is 30.3 Å². The minimum absolute atomic E-state index is 0.0279. The van der Waals surface area contributed by atoms with E-state index < -0.39 is 0 Å². The van der Waals surface area contributed by atoms with Gasteiger partial charge < -0.3 is 16.0 Å². The minimum atomic E-state index is -0.229. The molecule has 2 rings (SSSR count). The van der Waals surface area contributed by atoms with Crippen LogP contribution in [0, 0.1) is 27.7 Å². The molecule has 0 saturated heterocycles. The Morgan fingerprint density at radius 2 is 1.60 bits per heavy atom. The third kappa shape index (κ3) is 4.38. The fraction of sp³-hybridized carbons (Fsp3) is 0.300. The molecule has 5 nitrogen and oxygen atoms in total. The van der Waals surface area contributed by atoms with Crippen LogP contribution in [-0.4, -0.2) is 30.3 Å². The molecule has 2 amide bonds. The summed E-state index contributed by atoms with van der Waals surface area (Å²) in [5, 5.41) is 2.91. The fourth-order valence-electron chi connectivity index (χ4n) is 2.92. The lowest BCUT2D eigenvalue weighted by molar-refractivity contribution is -0.116. The Morgan fingerprint density at radius 3 is 2.20 bits per heavy atom. The lowest BCUT2D eigenvalue weighted by Gasteiger charge is -2.19. The zero-order chi connectivity index (χ0) is 18.7. The second kappa shape index (κ2) is 7.38. The van der Waals surface area contributed by atoms with E-state index in [1.54, 1.807) is 25.2 Å². The van der Waals surface area contributed by atoms with Crippen molar-refractivity contribution < 1.29 is 9.59 Å². The van der Waals surface area contributed by atoms with Crippen LogP contribution in [0.3, 0.4) is 0 Å². The Bertz CT molecular complexity index is 805. The van der Waals surface area contributed by atoms with Crippen LogP contribution in [0.2, 0.25) is 0 Å². The van der Waals surface area contributed by atoms with Crippen molar-refractivity contribution in [2.75, 3.05) is 24.6 Å². The molecule has 0 spiro atoms. The van der Waals surface area contributed by atoms with Crippen LogP contribution in [0.5, 0.6) is 0 Å². The summed E-state index contributed by atoms with van der Waals surface area (Å²) in [6.45, 7) is 7.76. The van der Waals surface area contributed by atoms with Gasteiger partial charge in [-0.25, -0.2) is 0 Å². The maximum Gasteiger partial charge on any atom is 0.254 e. The third-order valence-electron chi connectivity index (χ3n) is 4.16. The van der Waals surface area contributed by atoms with Crippen molar-refractivity contribution in [1.82, 2.24) is 4.90 Å². The summed E-state index contributed by atoms with van der Waals surface area (Å²) in [5.74, 6) is -0.454. The molecule has 0 fully saturated rings. The van der Waals surface area contributed by atoms with Gasteiger partial charge in [0.2, 0.25) is 5.91 Å². The van der Waals surface area contributed by atoms with Gasteiger partial charge in [-0.05, 0) is 56.5 Å². The van der Waals surface area contributed by atoms with Crippen LogP contribution >= 0.6 is 0 Å². The molecular formula is C20H25N3O2. The van der Waals surface area contributed by atoms with Crippen molar-refractivity contribution in [2.45, 2.75) is 27.7 Å². The van der Waals surface area contributed by atoms with Gasteiger partial charge in [0, 0.05) is 24.0 Å². The lowest BCUT2D eigenvalue weighted by atomic mass is 10.0. The van der Waals surface area contributed by atoms with E-state index in [1.165, 1.54) is 4.90 Å². The van der Waals surface area contributed by atoms with E-state index in [2.05, 4.69) is 5.32 Å². The Balaban J connectivity index is 2.10. The number of likely N-dealkylation sites (N-methyl/N-ethyl adjacent to an activating group) is 1. The fourth-order valence-corrected chi connectivity index (χ4v) is 2.92. The molecule has 2 aromatic rings. The van der Waals surface area contributed by atoms with Crippen molar-refractivity contribution >= 4 is 23.2 Å². The number of aryl methyl sites for hydroxylation is 4. The molecule has 132 valence electrons. The van der Waals surface area contributed by atoms with Crippen LogP contribution < -0.4 is 11.1 Å². The van der Waals surface area contributed by atoms with Crippen LogP contribution in [0.25, 0.3) is 0 Å². The van der Waals surface area contributed by atoms with Gasteiger partial charge in [-0.2, -0.15) is 0 Å². The zero-order valence-electron chi connectivity index (χ0n) is 15.4. The number of nitrogen functional groups attached to an aromatic ring is 1. The molecule has 0 aromatic heterocycles. The molecule has 0 radical (unpaired) electrons. The average Bonchev–Trinajstić information content (AvgIpc) is 2.52. The predicted octanol–water partition coefficient (Wildman–Crippen LogP) is 3.21. The summed E-state index contributed by atoms with van der Waals surface area (Å²) in [4.78, 5) is 26.3. The highest BCUT2D eigenvalue weighted by molar-refractivity contribution is 6.00. The van der Waals surface area contributed by atoms with Crippen LogP contribution in [0.4, 0.5) is 11.4 Å². The Morgan fingerprint density at radius 1 is 1.00 bits per heavy atom. The quantitative estimate of drug-likeness (QED) is 0.840. The zero-order valence-corrected chi connectivity index (χ0v) is 15.4. The Hall–Kier alpha value is -2.82. The molecule has 25 heavy (non-hydrogen) atoms. The van der Waals surface area contributed by atoms with Crippen molar-refractivity contribution in [3.05, 3.63) is 58.1 Å². The molecule has 0 aliphatic heterocycles. The first-order valence-electron chi connectivity index (χ1n) is 8.18. The van der Waals surface area contributed by atoms with Gasteiger partial charge in [0.1, 0.15) is 0 Å². The van der Waals surface area contributed by atoms with Gasteiger partial charge in [0.15, 0.2) is 0 Å². The minimum Gasteiger partial charge on any atom is -0.399 e. The largest absolute Gasteiger partial charge is 0.399 e. The maximum atomic E-state index is 12.6. The molecule has 0 unspecified atom stereocenters. The van der Waals surface area contributed by atoms with E-state index in [1.807, 2.05) is 39.8 Å². The van der Waals surface area contributed by atoms with E-state index in [0.717, 1.165) is 27.9 Å². The van der Waals surface area contributed by atoms with Crippen molar-refractivity contribution in [2.24, 2.45) is 0 Å². The van der Waals surface area contributed by atoms with Crippen molar-refractivity contribution in [3.8, 4) is 0 Å². The highest BCUT2D eigenvalue weighted by Gasteiger charge is 2.18. The number of nitrogens with one attached hydrogen (secondary N) is 1. The lowest BCUT2D eigenvalue weighted by Crippen LogP contribution is -2.35. The molecule has 0 saturated carbocycles. The number of amides is 2. The second-order valence-electron chi connectivity index (χ2n) is 6.56. The maximum absolute atomic E-state index is 12.6. The molecule has 0 bridgehead atoms. The van der Waals surface area contributed by atoms with Gasteiger partial charge in [0.05, 0.1) is 6.54 Å². The summed E-state index contributed by atoms with van der Waals surface area (Å²) in [6.07, 6.45) is 0. The van der Waals surface area contributed by atoms with Crippen molar-refractivity contribution in [1.29, 1.82) is 0 Å². The highest BCUT2D eigenvalue weighted by atomic mass is 16.2. The molecule has 0 aliphatic rings. The number of benzene rings is 2. The normalized spacial score (nSPS) is 10.4. The first-order valence-corrected chi connectivity index (χ1v) is 8.18. The molecule has 0 atom stereocenters. The number of anilines is 2. The molecule has 2 aromatic carbocycles. The average molecular weight is 339 g/mol. The summed E-state index contributed by atoms with van der Waals surface area (Å²) in [6, 6.07) is 9.23. The summed E-state index contributed by atoms with van der Waals surface area (Å²) in [7, 11) is 1.61. The van der Waals surface area contributed by atoms with Gasteiger partial charge >= 0.3 is 0 Å². The molecule has 0 heterocycles. The SMILES string of the molecule is Cc1cc(C)c(NC(=O)CN(C)C(=O)c2cc(N)ccc2C)c(C)c1. The second-order valence-corrected chi connectivity index (χ2v) is 6.56. The molecular weight excluding hydrogens is 314 g/mol. The van der Waals surface area contributed by atoms with E-state index in [4.69, 9.17) is 5.73 Å². The van der Waals surface area contributed by atoms with Crippen LogP contribution in [-0.2, 0) is 4.79 Å². The molecule has 5 heteroatoms. The van der Waals surface area contributed by atoms with E-state index in [0.29, 0.717) is 11.3 Å².